The second kappa shape index (κ2) is 10.7. The van der Waals surface area contributed by atoms with Gasteiger partial charge in [-0.25, -0.2) is 4.98 Å². The number of amides is 1. The minimum Gasteiger partial charge on any atom is -0.481 e. The first-order valence-electron chi connectivity index (χ1n) is 8.79. The number of aromatic nitrogens is 2. The van der Waals surface area contributed by atoms with Gasteiger partial charge in [0.15, 0.2) is 0 Å². The molecule has 1 unspecified atom stereocenters. The molecular weight excluding hydrogens is 377 g/mol. The van der Waals surface area contributed by atoms with Crippen LogP contribution in [0.1, 0.15) is 25.7 Å². The number of anilines is 1. The minimum absolute atomic E-state index is 0. The summed E-state index contributed by atoms with van der Waals surface area (Å²) >= 11 is 0. The Morgan fingerprint density at radius 1 is 1.23 bits per heavy atom. The number of hydrogen-bond acceptors (Lipinski definition) is 6. The zero-order valence-electron chi connectivity index (χ0n) is 15.4. The molecule has 2 saturated heterocycles. The van der Waals surface area contributed by atoms with E-state index in [1.165, 1.54) is 0 Å². The lowest BCUT2D eigenvalue weighted by molar-refractivity contribution is -0.137. The summed E-state index contributed by atoms with van der Waals surface area (Å²) in [6.45, 7) is 3.37. The van der Waals surface area contributed by atoms with Crippen molar-refractivity contribution in [3.05, 3.63) is 12.3 Å². The number of carbonyl (C=O) groups is 1. The fourth-order valence-electron chi connectivity index (χ4n) is 3.60. The number of methoxy groups -OCH3 is 1. The van der Waals surface area contributed by atoms with Gasteiger partial charge in [0, 0.05) is 50.4 Å². The van der Waals surface area contributed by atoms with E-state index >= 15 is 0 Å². The monoisotopic (exact) mass is 405 g/mol. The Labute approximate surface area is 167 Å². The lowest BCUT2D eigenvalue weighted by Crippen LogP contribution is -2.50. The molecule has 0 bridgehead atoms. The molecule has 2 fully saturated rings. The molecule has 0 spiro atoms. The van der Waals surface area contributed by atoms with Crippen LogP contribution >= 0.6 is 24.8 Å². The molecule has 1 atom stereocenters. The van der Waals surface area contributed by atoms with Gasteiger partial charge < -0.3 is 19.9 Å². The van der Waals surface area contributed by atoms with Gasteiger partial charge in [-0.2, -0.15) is 4.98 Å². The Kier molecular flexibility index (Phi) is 9.39. The molecule has 2 aliphatic rings. The SMILES string of the molecule is CNC1CCCN(C(=O)C2CCN(c3nccc(OC)n3)CC2)C1.Cl.Cl. The quantitative estimate of drug-likeness (QED) is 0.822. The summed E-state index contributed by atoms with van der Waals surface area (Å²) in [5, 5.41) is 3.30. The molecular formula is C17H29Cl2N5O2. The van der Waals surface area contributed by atoms with Crippen LogP contribution in [0.2, 0.25) is 0 Å². The maximum Gasteiger partial charge on any atom is 0.228 e. The molecule has 3 heterocycles. The average Bonchev–Trinajstić information content (AvgIpc) is 2.67. The lowest BCUT2D eigenvalue weighted by atomic mass is 9.94. The first kappa shape index (κ1) is 22.7. The molecule has 1 aromatic heterocycles. The fraction of sp³-hybridized carbons (Fsp3) is 0.706. The highest BCUT2D eigenvalue weighted by molar-refractivity contribution is 5.85. The van der Waals surface area contributed by atoms with Crippen molar-refractivity contribution >= 4 is 36.7 Å². The molecule has 26 heavy (non-hydrogen) atoms. The molecule has 0 saturated carbocycles. The number of nitrogens with zero attached hydrogens (tertiary/aromatic N) is 4. The van der Waals surface area contributed by atoms with Gasteiger partial charge in [0.05, 0.1) is 7.11 Å². The van der Waals surface area contributed by atoms with Crippen molar-refractivity contribution in [3.63, 3.8) is 0 Å². The Balaban J connectivity index is 0.00000169. The summed E-state index contributed by atoms with van der Waals surface area (Å²) in [5.41, 5.74) is 0. The van der Waals surface area contributed by atoms with E-state index < -0.39 is 0 Å². The summed E-state index contributed by atoms with van der Waals surface area (Å²) in [4.78, 5) is 25.7. The molecule has 3 rings (SSSR count). The third kappa shape index (κ3) is 5.34. The van der Waals surface area contributed by atoms with E-state index in [-0.39, 0.29) is 30.7 Å². The Morgan fingerprint density at radius 3 is 2.62 bits per heavy atom. The number of rotatable bonds is 4. The van der Waals surface area contributed by atoms with Gasteiger partial charge in [-0.1, -0.05) is 0 Å². The Morgan fingerprint density at radius 2 is 1.96 bits per heavy atom. The predicted molar refractivity (Wildman–Crippen MR) is 107 cm³/mol. The number of nitrogens with one attached hydrogen (secondary N) is 1. The van der Waals surface area contributed by atoms with Crippen LogP contribution in [0.15, 0.2) is 12.3 Å². The van der Waals surface area contributed by atoms with Gasteiger partial charge in [-0.15, -0.1) is 24.8 Å². The smallest absolute Gasteiger partial charge is 0.228 e. The highest BCUT2D eigenvalue weighted by atomic mass is 35.5. The van der Waals surface area contributed by atoms with Crippen LogP contribution in [-0.2, 0) is 4.79 Å². The van der Waals surface area contributed by atoms with Crippen molar-refractivity contribution in [2.24, 2.45) is 5.92 Å². The van der Waals surface area contributed by atoms with Crippen LogP contribution in [0.25, 0.3) is 0 Å². The van der Waals surface area contributed by atoms with Crippen molar-refractivity contribution in [3.8, 4) is 5.88 Å². The van der Waals surface area contributed by atoms with E-state index in [4.69, 9.17) is 4.74 Å². The third-order valence-electron chi connectivity index (χ3n) is 5.09. The summed E-state index contributed by atoms with van der Waals surface area (Å²) in [6.07, 6.45) is 5.68. The van der Waals surface area contributed by atoms with Gasteiger partial charge in [-0.05, 0) is 32.7 Å². The lowest BCUT2D eigenvalue weighted by Gasteiger charge is -2.37. The Bertz CT molecular complexity index is 570. The topological polar surface area (TPSA) is 70.6 Å². The molecule has 1 amide bonds. The molecule has 7 nitrogen and oxygen atoms in total. The van der Waals surface area contributed by atoms with Crippen LogP contribution in [0, 0.1) is 5.92 Å². The summed E-state index contributed by atoms with van der Waals surface area (Å²) in [6, 6.07) is 2.18. The van der Waals surface area contributed by atoms with Crippen LogP contribution in [-0.4, -0.2) is 67.2 Å². The molecule has 148 valence electrons. The number of likely N-dealkylation sites (N-methyl/N-ethyl adjacent to an activating group) is 1. The van der Waals surface area contributed by atoms with E-state index in [2.05, 4.69) is 20.2 Å². The van der Waals surface area contributed by atoms with Crippen molar-refractivity contribution in [2.75, 3.05) is 45.2 Å². The number of hydrogen-bond donors (Lipinski definition) is 1. The first-order valence-corrected chi connectivity index (χ1v) is 8.79. The van der Waals surface area contributed by atoms with Crippen molar-refractivity contribution < 1.29 is 9.53 Å². The van der Waals surface area contributed by atoms with Gasteiger partial charge in [0.25, 0.3) is 0 Å². The number of carbonyl (C=O) groups excluding carboxylic acids is 1. The highest BCUT2D eigenvalue weighted by Gasteiger charge is 2.31. The highest BCUT2D eigenvalue weighted by Crippen LogP contribution is 2.24. The van der Waals surface area contributed by atoms with Crippen LogP contribution < -0.4 is 15.0 Å². The van der Waals surface area contributed by atoms with E-state index in [1.54, 1.807) is 19.4 Å². The first-order chi connectivity index (χ1) is 11.7. The molecule has 9 heteroatoms. The molecule has 0 radical (unpaired) electrons. The normalized spacial score (nSPS) is 20.8. The number of halogens is 2. The number of ether oxygens (including phenoxy) is 1. The fourth-order valence-corrected chi connectivity index (χ4v) is 3.60. The summed E-state index contributed by atoms with van der Waals surface area (Å²) < 4.78 is 5.16. The second-order valence-electron chi connectivity index (χ2n) is 6.57. The minimum atomic E-state index is 0. The van der Waals surface area contributed by atoms with Gasteiger partial charge in [0.2, 0.25) is 17.7 Å². The Hall–Kier alpha value is -1.31. The maximum atomic E-state index is 12.8. The van der Waals surface area contributed by atoms with Crippen molar-refractivity contribution in [1.29, 1.82) is 0 Å². The molecule has 1 N–H and O–H groups in total. The standard InChI is InChI=1S/C17H27N5O2.2ClH/c1-18-14-4-3-9-22(12-14)16(23)13-6-10-21(11-7-13)17-19-8-5-15(20-17)24-2;;/h5,8,13-14,18H,3-4,6-7,9-12H2,1-2H3;2*1H. The van der Waals surface area contributed by atoms with Crippen LogP contribution in [0.4, 0.5) is 5.95 Å². The van der Waals surface area contributed by atoms with Gasteiger partial charge >= 0.3 is 0 Å². The molecule has 0 aliphatic carbocycles. The van der Waals surface area contributed by atoms with Crippen LogP contribution in [0.5, 0.6) is 5.88 Å². The van der Waals surface area contributed by atoms with Crippen molar-refractivity contribution in [1.82, 2.24) is 20.2 Å². The average molecular weight is 406 g/mol. The van der Waals surface area contributed by atoms with Gasteiger partial charge in [-0.3, -0.25) is 4.79 Å². The number of likely N-dealkylation sites (tertiary alicyclic amines) is 1. The largest absolute Gasteiger partial charge is 0.481 e. The van der Waals surface area contributed by atoms with E-state index in [0.717, 1.165) is 51.9 Å². The zero-order chi connectivity index (χ0) is 16.9. The predicted octanol–water partition coefficient (Wildman–Crippen LogP) is 1.76. The van der Waals surface area contributed by atoms with Gasteiger partial charge in [0.1, 0.15) is 0 Å². The molecule has 2 aliphatic heterocycles. The van der Waals surface area contributed by atoms with Crippen LogP contribution in [0.3, 0.4) is 0 Å². The number of piperidine rings is 2. The molecule has 0 aromatic carbocycles. The van der Waals surface area contributed by atoms with E-state index in [1.807, 2.05) is 11.9 Å². The summed E-state index contributed by atoms with van der Waals surface area (Å²) in [7, 11) is 3.58. The second-order valence-corrected chi connectivity index (χ2v) is 6.57. The van der Waals surface area contributed by atoms with E-state index in [9.17, 15) is 4.79 Å². The zero-order valence-corrected chi connectivity index (χ0v) is 17.0. The van der Waals surface area contributed by atoms with Crippen molar-refractivity contribution in [2.45, 2.75) is 31.7 Å². The summed E-state index contributed by atoms with van der Waals surface area (Å²) in [5.74, 6) is 1.71. The van der Waals surface area contributed by atoms with E-state index in [0.29, 0.717) is 23.8 Å². The maximum absolute atomic E-state index is 12.8. The molecule has 1 aromatic rings. The third-order valence-corrected chi connectivity index (χ3v) is 5.09.